The van der Waals surface area contributed by atoms with E-state index in [0.29, 0.717) is 0 Å². The molecule has 0 amide bonds. The van der Waals surface area contributed by atoms with Crippen LogP contribution in [0.3, 0.4) is 0 Å². The monoisotopic (exact) mass is 138 g/mol. The SMILES string of the molecule is C=C(F)F.CCOCC. The van der Waals surface area contributed by atoms with Crippen LogP contribution in [0.2, 0.25) is 0 Å². The molecule has 0 fully saturated rings. The Labute approximate surface area is 54.3 Å². The van der Waals surface area contributed by atoms with Crippen molar-refractivity contribution in [3.63, 3.8) is 0 Å². The number of hydrogen-bond acceptors (Lipinski definition) is 1. The van der Waals surface area contributed by atoms with Gasteiger partial charge in [-0.25, -0.2) is 0 Å². The van der Waals surface area contributed by atoms with Crippen molar-refractivity contribution < 1.29 is 13.5 Å². The fraction of sp³-hybridized carbons (Fsp3) is 0.667. The molecule has 0 heterocycles. The summed E-state index contributed by atoms with van der Waals surface area (Å²) < 4.78 is 25.1. The molecule has 0 N–H and O–H groups in total. The predicted octanol–water partition coefficient (Wildman–Crippen LogP) is 2.44. The van der Waals surface area contributed by atoms with Crippen molar-refractivity contribution in [3.05, 3.63) is 12.7 Å². The van der Waals surface area contributed by atoms with E-state index in [-0.39, 0.29) is 0 Å². The minimum Gasteiger partial charge on any atom is -0.382 e. The first kappa shape index (κ1) is 11.4. The highest BCUT2D eigenvalue weighted by Gasteiger charge is 1.66. The van der Waals surface area contributed by atoms with Crippen LogP contribution in [-0.2, 0) is 4.74 Å². The van der Waals surface area contributed by atoms with Crippen molar-refractivity contribution in [3.8, 4) is 0 Å². The first-order valence-corrected chi connectivity index (χ1v) is 2.72. The molecule has 0 atom stereocenters. The fourth-order valence-electron chi connectivity index (χ4n) is 0.204. The highest BCUT2D eigenvalue weighted by molar-refractivity contribution is 4.57. The van der Waals surface area contributed by atoms with E-state index in [4.69, 9.17) is 4.74 Å². The Morgan fingerprint density at radius 3 is 1.56 bits per heavy atom. The molecule has 0 aliphatic carbocycles. The summed E-state index contributed by atoms with van der Waals surface area (Å²) in [6.45, 7) is 7.89. The lowest BCUT2D eigenvalue weighted by atomic mass is 10.8. The number of hydrogen-bond donors (Lipinski definition) is 0. The first-order chi connectivity index (χ1) is 4.15. The molecule has 0 aliphatic rings. The van der Waals surface area contributed by atoms with E-state index >= 15 is 0 Å². The molecule has 0 aromatic heterocycles. The van der Waals surface area contributed by atoms with Crippen LogP contribution in [0.1, 0.15) is 13.8 Å². The highest BCUT2D eigenvalue weighted by atomic mass is 19.3. The zero-order valence-electron chi connectivity index (χ0n) is 5.79. The van der Waals surface area contributed by atoms with Crippen LogP contribution in [0.4, 0.5) is 8.78 Å². The van der Waals surface area contributed by atoms with Gasteiger partial charge in [0.2, 0.25) is 0 Å². The van der Waals surface area contributed by atoms with Crippen molar-refractivity contribution in [1.29, 1.82) is 0 Å². The standard InChI is InChI=1S/C4H10O.C2H2F2/c1-3-5-4-2;1-2(3)4/h3-4H2,1-2H3;1H2. The average Bonchev–Trinajstić information content (AvgIpc) is 1.66. The van der Waals surface area contributed by atoms with Crippen LogP contribution in [0.15, 0.2) is 12.7 Å². The van der Waals surface area contributed by atoms with E-state index < -0.39 is 6.08 Å². The van der Waals surface area contributed by atoms with Gasteiger partial charge in [0.1, 0.15) is 0 Å². The second kappa shape index (κ2) is 10.5. The Kier molecular flexibility index (Phi) is 13.3. The summed E-state index contributed by atoms with van der Waals surface area (Å²) in [5, 5.41) is 0. The molecule has 0 spiro atoms. The number of halogens is 2. The molecule has 1 nitrogen and oxygen atoms in total. The van der Waals surface area contributed by atoms with Crippen LogP contribution in [-0.4, -0.2) is 13.2 Å². The average molecular weight is 138 g/mol. The van der Waals surface area contributed by atoms with Gasteiger partial charge < -0.3 is 4.74 Å². The third-order valence-electron chi connectivity index (χ3n) is 0.408. The molecule has 0 rings (SSSR count). The molecule has 0 unspecified atom stereocenters. The van der Waals surface area contributed by atoms with E-state index in [0.717, 1.165) is 13.2 Å². The Morgan fingerprint density at radius 1 is 1.33 bits per heavy atom. The Balaban J connectivity index is 0. The topological polar surface area (TPSA) is 9.23 Å². The van der Waals surface area contributed by atoms with Gasteiger partial charge in [0.15, 0.2) is 0 Å². The molecule has 0 saturated heterocycles. The lowest BCUT2D eigenvalue weighted by molar-refractivity contribution is 0.162. The van der Waals surface area contributed by atoms with Crippen LogP contribution >= 0.6 is 0 Å². The maximum absolute atomic E-state index is 10.1. The Hall–Kier alpha value is -0.440. The maximum atomic E-state index is 10.1. The lowest BCUT2D eigenvalue weighted by Gasteiger charge is -1.86. The van der Waals surface area contributed by atoms with Gasteiger partial charge in [-0.05, 0) is 20.4 Å². The van der Waals surface area contributed by atoms with E-state index in [1.807, 2.05) is 13.8 Å². The molecule has 3 heteroatoms. The van der Waals surface area contributed by atoms with Crippen molar-refractivity contribution >= 4 is 0 Å². The molecule has 9 heavy (non-hydrogen) atoms. The fourth-order valence-corrected chi connectivity index (χ4v) is 0.204. The second-order valence-electron chi connectivity index (χ2n) is 1.12. The minimum atomic E-state index is -1.83. The van der Waals surface area contributed by atoms with Crippen molar-refractivity contribution in [1.82, 2.24) is 0 Å². The summed E-state index contributed by atoms with van der Waals surface area (Å²) in [6, 6.07) is 0. The number of rotatable bonds is 2. The van der Waals surface area contributed by atoms with E-state index in [1.165, 1.54) is 0 Å². The van der Waals surface area contributed by atoms with Crippen molar-refractivity contribution in [2.45, 2.75) is 13.8 Å². The normalized spacial score (nSPS) is 7.56. The Morgan fingerprint density at radius 2 is 1.56 bits per heavy atom. The number of ether oxygens (including phenoxy) is 1. The van der Waals surface area contributed by atoms with Gasteiger partial charge in [0.05, 0.1) is 0 Å². The zero-order valence-corrected chi connectivity index (χ0v) is 5.79. The summed E-state index contributed by atoms with van der Waals surface area (Å²) in [7, 11) is 0. The van der Waals surface area contributed by atoms with Gasteiger partial charge in [-0.15, -0.1) is 0 Å². The summed E-state index contributed by atoms with van der Waals surface area (Å²) in [4.78, 5) is 0. The smallest absolute Gasteiger partial charge is 0.263 e. The van der Waals surface area contributed by atoms with Gasteiger partial charge >= 0.3 is 0 Å². The summed E-state index contributed by atoms with van der Waals surface area (Å²) in [5.41, 5.74) is 0. The van der Waals surface area contributed by atoms with Gasteiger partial charge in [0, 0.05) is 13.2 Å². The largest absolute Gasteiger partial charge is 0.382 e. The molecule has 0 aromatic carbocycles. The third kappa shape index (κ3) is 96.0. The van der Waals surface area contributed by atoms with Gasteiger partial charge in [-0.3, -0.25) is 0 Å². The van der Waals surface area contributed by atoms with Crippen molar-refractivity contribution in [2.75, 3.05) is 13.2 Å². The molecule has 56 valence electrons. The van der Waals surface area contributed by atoms with E-state index in [9.17, 15) is 8.78 Å². The molecular weight excluding hydrogens is 126 g/mol. The van der Waals surface area contributed by atoms with E-state index in [2.05, 4.69) is 6.58 Å². The maximum Gasteiger partial charge on any atom is 0.263 e. The van der Waals surface area contributed by atoms with Crippen LogP contribution in [0.5, 0.6) is 0 Å². The third-order valence-corrected chi connectivity index (χ3v) is 0.408. The zero-order chi connectivity index (χ0) is 7.70. The molecular formula is C6H12F2O. The van der Waals surface area contributed by atoms with Gasteiger partial charge in [-0.2, -0.15) is 8.78 Å². The van der Waals surface area contributed by atoms with Crippen LogP contribution < -0.4 is 0 Å². The molecule has 0 saturated carbocycles. The van der Waals surface area contributed by atoms with Gasteiger partial charge in [-0.1, -0.05) is 0 Å². The molecule has 0 radical (unpaired) electrons. The van der Waals surface area contributed by atoms with Gasteiger partial charge in [0.25, 0.3) is 6.08 Å². The minimum absolute atomic E-state index is 0.844. The molecule has 0 bridgehead atoms. The first-order valence-electron chi connectivity index (χ1n) is 2.72. The Bertz CT molecular complexity index is 58.1. The summed E-state index contributed by atoms with van der Waals surface area (Å²) >= 11 is 0. The van der Waals surface area contributed by atoms with Crippen molar-refractivity contribution in [2.24, 2.45) is 0 Å². The van der Waals surface area contributed by atoms with Crippen LogP contribution in [0.25, 0.3) is 0 Å². The second-order valence-corrected chi connectivity index (χ2v) is 1.12. The molecule has 0 aromatic rings. The summed E-state index contributed by atoms with van der Waals surface area (Å²) in [6.07, 6.45) is -1.83. The predicted molar refractivity (Wildman–Crippen MR) is 33.5 cm³/mol. The quantitative estimate of drug-likeness (QED) is 0.569. The highest BCUT2D eigenvalue weighted by Crippen LogP contribution is 1.85. The van der Waals surface area contributed by atoms with Crippen LogP contribution in [0, 0.1) is 0 Å². The lowest BCUT2D eigenvalue weighted by Crippen LogP contribution is -1.84. The summed E-state index contributed by atoms with van der Waals surface area (Å²) in [5.74, 6) is 0. The van der Waals surface area contributed by atoms with E-state index in [1.54, 1.807) is 0 Å². The molecule has 0 aliphatic heterocycles.